The molecule has 1 N–H and O–H groups in total. The molecule has 3 rings (SSSR count). The predicted octanol–water partition coefficient (Wildman–Crippen LogP) is 1.92. The molecule has 1 amide bonds. The zero-order valence-corrected chi connectivity index (χ0v) is 12.0. The summed E-state index contributed by atoms with van der Waals surface area (Å²) in [5.41, 5.74) is 0.885. The van der Waals surface area contributed by atoms with E-state index < -0.39 is 11.9 Å². The van der Waals surface area contributed by atoms with Crippen molar-refractivity contribution < 1.29 is 14.7 Å². The highest BCUT2D eigenvalue weighted by molar-refractivity contribution is 6.32. The van der Waals surface area contributed by atoms with Crippen LogP contribution in [0.4, 0.5) is 0 Å². The number of aromatic nitrogens is 2. The number of carbonyl (C=O) groups is 2. The fourth-order valence-corrected chi connectivity index (χ4v) is 2.93. The fraction of sp³-hybridized carbons (Fsp3) is 0.357. The lowest BCUT2D eigenvalue weighted by Crippen LogP contribution is -2.42. The second-order valence-electron chi connectivity index (χ2n) is 5.11. The minimum atomic E-state index is -0.864. The van der Waals surface area contributed by atoms with E-state index in [0.29, 0.717) is 30.7 Å². The number of fused-ring (bicyclic) bond motifs is 1. The second-order valence-corrected chi connectivity index (χ2v) is 5.47. The van der Waals surface area contributed by atoms with Gasteiger partial charge < -0.3 is 10.0 Å². The summed E-state index contributed by atoms with van der Waals surface area (Å²) in [5, 5.41) is 9.26. The number of rotatable bonds is 2. The molecular weight excluding hydrogens is 294 g/mol. The third-order valence-electron chi connectivity index (χ3n) is 3.75. The zero-order chi connectivity index (χ0) is 15.0. The molecule has 0 radical (unpaired) electrons. The smallest absolute Gasteiger partial charge is 0.308 e. The van der Waals surface area contributed by atoms with Crippen molar-refractivity contribution in [2.24, 2.45) is 5.92 Å². The van der Waals surface area contributed by atoms with E-state index in [1.807, 2.05) is 6.07 Å². The molecule has 1 saturated heterocycles. The molecule has 21 heavy (non-hydrogen) atoms. The number of hydrogen-bond acceptors (Lipinski definition) is 3. The minimum absolute atomic E-state index is 0.142. The number of likely N-dealkylation sites (tertiary alicyclic amines) is 1. The van der Waals surface area contributed by atoms with Gasteiger partial charge in [0.05, 0.1) is 5.92 Å². The van der Waals surface area contributed by atoms with Gasteiger partial charge in [0.2, 0.25) is 0 Å². The molecule has 7 heteroatoms. The number of carboxylic acids is 1. The van der Waals surface area contributed by atoms with Crippen LogP contribution < -0.4 is 0 Å². The van der Waals surface area contributed by atoms with Gasteiger partial charge in [-0.3, -0.25) is 14.0 Å². The predicted molar refractivity (Wildman–Crippen MR) is 76.5 cm³/mol. The third kappa shape index (κ3) is 2.47. The van der Waals surface area contributed by atoms with Crippen LogP contribution in [0.2, 0.25) is 5.15 Å². The molecule has 0 aliphatic carbocycles. The van der Waals surface area contributed by atoms with Gasteiger partial charge in [-0.1, -0.05) is 17.7 Å². The first-order valence-electron chi connectivity index (χ1n) is 6.72. The first kappa shape index (κ1) is 13.9. The van der Waals surface area contributed by atoms with Crippen molar-refractivity contribution in [3.63, 3.8) is 0 Å². The number of carboxylic acid groups (broad SMARTS) is 1. The van der Waals surface area contributed by atoms with E-state index in [4.69, 9.17) is 16.7 Å². The molecule has 6 nitrogen and oxygen atoms in total. The van der Waals surface area contributed by atoms with E-state index in [0.717, 1.165) is 0 Å². The van der Waals surface area contributed by atoms with Gasteiger partial charge in [-0.2, -0.15) is 0 Å². The summed E-state index contributed by atoms with van der Waals surface area (Å²) in [5.74, 6) is -1.65. The van der Waals surface area contributed by atoms with Crippen LogP contribution in [-0.2, 0) is 4.79 Å². The number of halogens is 1. The monoisotopic (exact) mass is 307 g/mol. The van der Waals surface area contributed by atoms with Gasteiger partial charge in [0.15, 0.2) is 10.8 Å². The van der Waals surface area contributed by atoms with Crippen molar-refractivity contribution in [3.05, 3.63) is 35.2 Å². The highest BCUT2D eigenvalue weighted by Gasteiger charge is 2.31. The molecule has 1 atom stereocenters. The Balaban J connectivity index is 1.93. The summed E-state index contributed by atoms with van der Waals surface area (Å²) in [6.45, 7) is 0.754. The Morgan fingerprint density at radius 1 is 1.38 bits per heavy atom. The molecule has 1 aliphatic heterocycles. The van der Waals surface area contributed by atoms with Crippen LogP contribution in [-0.4, -0.2) is 44.4 Å². The number of aliphatic carboxylic acids is 1. The molecule has 110 valence electrons. The maximum Gasteiger partial charge on any atom is 0.308 e. The van der Waals surface area contributed by atoms with Crippen molar-refractivity contribution in [2.45, 2.75) is 12.8 Å². The van der Waals surface area contributed by atoms with E-state index in [-0.39, 0.29) is 17.6 Å². The van der Waals surface area contributed by atoms with Gasteiger partial charge >= 0.3 is 5.97 Å². The highest BCUT2D eigenvalue weighted by Crippen LogP contribution is 2.23. The number of hydrogen-bond donors (Lipinski definition) is 1. The van der Waals surface area contributed by atoms with Crippen LogP contribution in [0, 0.1) is 5.92 Å². The van der Waals surface area contributed by atoms with Crippen molar-refractivity contribution in [3.8, 4) is 0 Å². The summed E-state index contributed by atoms with van der Waals surface area (Å²) in [4.78, 5) is 29.5. The van der Waals surface area contributed by atoms with E-state index in [1.54, 1.807) is 27.6 Å². The van der Waals surface area contributed by atoms with E-state index in [2.05, 4.69) is 4.98 Å². The van der Waals surface area contributed by atoms with Crippen LogP contribution in [0.5, 0.6) is 0 Å². The molecular formula is C14H14ClN3O3. The van der Waals surface area contributed by atoms with Crippen LogP contribution in [0.1, 0.15) is 23.3 Å². The van der Waals surface area contributed by atoms with Gasteiger partial charge in [-0.05, 0) is 25.0 Å². The molecule has 2 aromatic rings. The summed E-state index contributed by atoms with van der Waals surface area (Å²) < 4.78 is 1.63. The SMILES string of the molecule is O=C(O)[C@H]1CCCN(C(=O)c2c(Cl)nc3ccccn23)C1. The zero-order valence-electron chi connectivity index (χ0n) is 11.2. The summed E-state index contributed by atoms with van der Waals surface area (Å²) in [6, 6.07) is 5.37. The first-order valence-corrected chi connectivity index (χ1v) is 7.10. The average molecular weight is 308 g/mol. The van der Waals surface area contributed by atoms with Crippen molar-refractivity contribution in [1.29, 1.82) is 0 Å². The highest BCUT2D eigenvalue weighted by atomic mass is 35.5. The second kappa shape index (κ2) is 5.37. The fourth-order valence-electron chi connectivity index (χ4n) is 2.67. The normalized spacial score (nSPS) is 18.9. The quantitative estimate of drug-likeness (QED) is 0.920. The molecule has 0 saturated carbocycles. The standard InChI is InChI=1S/C14H14ClN3O3/c15-12-11(18-7-2-1-5-10(18)16-12)13(19)17-6-3-4-9(8-17)14(20)21/h1-2,5,7,9H,3-4,6,8H2,(H,20,21)/t9-/m0/s1. The molecule has 1 fully saturated rings. The summed E-state index contributed by atoms with van der Waals surface area (Å²) >= 11 is 6.08. The lowest BCUT2D eigenvalue weighted by atomic mass is 9.98. The molecule has 0 spiro atoms. The summed E-state index contributed by atoms with van der Waals surface area (Å²) in [7, 11) is 0. The lowest BCUT2D eigenvalue weighted by Gasteiger charge is -2.30. The Morgan fingerprint density at radius 2 is 2.19 bits per heavy atom. The minimum Gasteiger partial charge on any atom is -0.481 e. The largest absolute Gasteiger partial charge is 0.481 e. The van der Waals surface area contributed by atoms with Crippen molar-refractivity contribution >= 4 is 29.1 Å². The average Bonchev–Trinajstić information content (AvgIpc) is 2.82. The van der Waals surface area contributed by atoms with Gasteiger partial charge in [0.25, 0.3) is 5.91 Å². The van der Waals surface area contributed by atoms with Crippen molar-refractivity contribution in [1.82, 2.24) is 14.3 Å². The number of pyridine rings is 1. The molecule has 2 aromatic heterocycles. The van der Waals surface area contributed by atoms with E-state index >= 15 is 0 Å². The Morgan fingerprint density at radius 3 is 2.95 bits per heavy atom. The Bertz CT molecular complexity index is 713. The van der Waals surface area contributed by atoms with E-state index in [9.17, 15) is 9.59 Å². The number of carbonyl (C=O) groups excluding carboxylic acids is 1. The molecule has 3 heterocycles. The Hall–Kier alpha value is -2.08. The number of amides is 1. The lowest BCUT2D eigenvalue weighted by molar-refractivity contribution is -0.143. The summed E-state index contributed by atoms with van der Waals surface area (Å²) in [6.07, 6.45) is 3.00. The topological polar surface area (TPSA) is 74.9 Å². The van der Waals surface area contributed by atoms with Gasteiger partial charge in [0.1, 0.15) is 5.65 Å². The van der Waals surface area contributed by atoms with Crippen LogP contribution >= 0.6 is 11.6 Å². The molecule has 1 aliphatic rings. The first-order chi connectivity index (χ1) is 10.1. The maximum atomic E-state index is 12.7. The number of piperidine rings is 1. The molecule has 0 unspecified atom stereocenters. The Kier molecular flexibility index (Phi) is 3.55. The maximum absolute atomic E-state index is 12.7. The molecule has 0 bridgehead atoms. The third-order valence-corrected chi connectivity index (χ3v) is 4.01. The van der Waals surface area contributed by atoms with Gasteiger partial charge in [-0.15, -0.1) is 0 Å². The van der Waals surface area contributed by atoms with E-state index in [1.165, 1.54) is 0 Å². The Labute approximate surface area is 125 Å². The van der Waals surface area contributed by atoms with Crippen LogP contribution in [0.25, 0.3) is 5.65 Å². The van der Waals surface area contributed by atoms with Crippen LogP contribution in [0.3, 0.4) is 0 Å². The van der Waals surface area contributed by atoms with Gasteiger partial charge in [0, 0.05) is 19.3 Å². The van der Waals surface area contributed by atoms with Crippen LogP contribution in [0.15, 0.2) is 24.4 Å². The number of nitrogens with zero attached hydrogens (tertiary/aromatic N) is 3. The van der Waals surface area contributed by atoms with Crippen molar-refractivity contribution in [2.75, 3.05) is 13.1 Å². The molecule has 0 aromatic carbocycles. The number of imidazole rings is 1. The van der Waals surface area contributed by atoms with Gasteiger partial charge in [-0.25, -0.2) is 4.98 Å².